The smallest absolute Gasteiger partial charge is 0.195 e. The second-order valence-corrected chi connectivity index (χ2v) is 8.60. The number of nitrogens with zero attached hydrogens (tertiary/aromatic N) is 1. The molecule has 0 heterocycles. The number of ether oxygens (including phenoxy) is 2. The van der Waals surface area contributed by atoms with Gasteiger partial charge in [-0.1, -0.05) is 0 Å². The minimum absolute atomic E-state index is 0.194. The highest BCUT2D eigenvalue weighted by atomic mass is 32.2. The summed E-state index contributed by atoms with van der Waals surface area (Å²) < 4.78 is 33.7. The molecule has 1 saturated carbocycles. The molecule has 2 rings (SSSR count). The van der Waals surface area contributed by atoms with Crippen LogP contribution in [0.4, 0.5) is 5.69 Å². The quantitative estimate of drug-likeness (QED) is 0.537. The van der Waals surface area contributed by atoms with Crippen LogP contribution in [0, 0.1) is 5.41 Å². The molecule has 140 valence electrons. The Morgan fingerprint density at radius 2 is 1.92 bits per heavy atom. The van der Waals surface area contributed by atoms with Gasteiger partial charge in [0.2, 0.25) is 0 Å². The van der Waals surface area contributed by atoms with E-state index < -0.39 is 9.84 Å². The fourth-order valence-electron chi connectivity index (χ4n) is 2.69. The zero-order chi connectivity index (χ0) is 18.5. The number of sulfone groups is 1. The Kier molecular flexibility index (Phi) is 6.16. The van der Waals surface area contributed by atoms with Crippen LogP contribution in [0.3, 0.4) is 0 Å². The number of hydrogen-bond acceptors (Lipinski definition) is 5. The van der Waals surface area contributed by atoms with Gasteiger partial charge >= 0.3 is 0 Å². The SMILES string of the molecule is CCNC(=NCC1(CS(C)(=O)=O)CC1)Nc1ccc(OC)c(OC)c1. The zero-order valence-corrected chi connectivity index (χ0v) is 16.1. The number of hydrogen-bond donors (Lipinski definition) is 2. The van der Waals surface area contributed by atoms with Gasteiger partial charge in [0, 0.05) is 36.5 Å². The summed E-state index contributed by atoms with van der Waals surface area (Å²) in [5, 5.41) is 6.40. The topological polar surface area (TPSA) is 89.0 Å². The highest BCUT2D eigenvalue weighted by Gasteiger charge is 2.45. The molecule has 2 N–H and O–H groups in total. The van der Waals surface area contributed by atoms with Gasteiger partial charge in [-0.25, -0.2) is 8.42 Å². The van der Waals surface area contributed by atoms with Crippen molar-refractivity contribution < 1.29 is 17.9 Å². The first-order valence-electron chi connectivity index (χ1n) is 8.26. The minimum atomic E-state index is -3.00. The summed E-state index contributed by atoms with van der Waals surface area (Å²) in [5.41, 5.74) is 0.610. The van der Waals surface area contributed by atoms with Gasteiger partial charge in [0.25, 0.3) is 0 Å². The molecule has 7 nitrogen and oxygen atoms in total. The van der Waals surface area contributed by atoms with E-state index in [4.69, 9.17) is 9.47 Å². The van der Waals surface area contributed by atoms with E-state index in [-0.39, 0.29) is 11.2 Å². The van der Waals surface area contributed by atoms with E-state index in [0.717, 1.165) is 18.5 Å². The molecule has 0 amide bonds. The molecule has 1 aliphatic carbocycles. The molecule has 0 aliphatic heterocycles. The van der Waals surface area contributed by atoms with Crippen LogP contribution in [-0.4, -0.2) is 53.7 Å². The van der Waals surface area contributed by atoms with Crippen LogP contribution >= 0.6 is 0 Å². The van der Waals surface area contributed by atoms with Crippen LogP contribution in [0.25, 0.3) is 0 Å². The van der Waals surface area contributed by atoms with Crippen molar-refractivity contribution in [2.24, 2.45) is 10.4 Å². The van der Waals surface area contributed by atoms with Gasteiger partial charge in [-0.3, -0.25) is 4.99 Å². The van der Waals surface area contributed by atoms with Gasteiger partial charge in [0.1, 0.15) is 9.84 Å². The van der Waals surface area contributed by atoms with Crippen molar-refractivity contribution in [1.29, 1.82) is 0 Å². The van der Waals surface area contributed by atoms with Crippen LogP contribution in [0.5, 0.6) is 11.5 Å². The first-order chi connectivity index (χ1) is 11.8. The maximum absolute atomic E-state index is 11.6. The fraction of sp³-hybridized carbons (Fsp3) is 0.588. The lowest BCUT2D eigenvalue weighted by atomic mass is 10.1. The Morgan fingerprint density at radius 3 is 2.44 bits per heavy atom. The average Bonchev–Trinajstić information content (AvgIpc) is 3.30. The maximum Gasteiger partial charge on any atom is 0.195 e. The predicted octanol–water partition coefficient (Wildman–Crippen LogP) is 1.91. The van der Waals surface area contributed by atoms with Crippen molar-refractivity contribution in [2.45, 2.75) is 19.8 Å². The van der Waals surface area contributed by atoms with Gasteiger partial charge in [-0.15, -0.1) is 0 Å². The Labute approximate surface area is 149 Å². The minimum Gasteiger partial charge on any atom is -0.493 e. The highest BCUT2D eigenvalue weighted by Crippen LogP contribution is 2.46. The van der Waals surface area contributed by atoms with Crippen LogP contribution < -0.4 is 20.1 Å². The largest absolute Gasteiger partial charge is 0.493 e. The third-order valence-electron chi connectivity index (χ3n) is 4.09. The molecule has 1 aromatic carbocycles. The van der Waals surface area contributed by atoms with Gasteiger partial charge < -0.3 is 20.1 Å². The lowest BCUT2D eigenvalue weighted by Gasteiger charge is -2.16. The summed E-state index contributed by atoms with van der Waals surface area (Å²) in [6, 6.07) is 5.52. The molecule has 0 radical (unpaired) electrons. The zero-order valence-electron chi connectivity index (χ0n) is 15.3. The van der Waals surface area contributed by atoms with E-state index >= 15 is 0 Å². The van der Waals surface area contributed by atoms with Gasteiger partial charge in [0.15, 0.2) is 17.5 Å². The van der Waals surface area contributed by atoms with E-state index in [1.54, 1.807) is 14.2 Å². The van der Waals surface area contributed by atoms with Crippen molar-refractivity contribution in [1.82, 2.24) is 5.32 Å². The molecular weight excluding hydrogens is 342 g/mol. The summed E-state index contributed by atoms with van der Waals surface area (Å²) in [7, 11) is 0.181. The summed E-state index contributed by atoms with van der Waals surface area (Å²) >= 11 is 0. The Morgan fingerprint density at radius 1 is 1.24 bits per heavy atom. The highest BCUT2D eigenvalue weighted by molar-refractivity contribution is 7.90. The van der Waals surface area contributed by atoms with Crippen LogP contribution in [0.2, 0.25) is 0 Å². The number of guanidine groups is 1. The standard InChI is InChI=1S/C17H27N3O4S/c1-5-18-16(19-11-17(8-9-17)12-25(4,21)22)20-13-6-7-14(23-2)15(10-13)24-3/h6-7,10H,5,8-9,11-12H2,1-4H3,(H2,18,19,20). The Balaban J connectivity index is 2.10. The monoisotopic (exact) mass is 369 g/mol. The fourth-order valence-corrected chi connectivity index (χ4v) is 4.18. The Hall–Kier alpha value is -1.96. The van der Waals surface area contributed by atoms with Crippen molar-refractivity contribution in [2.75, 3.05) is 44.6 Å². The van der Waals surface area contributed by atoms with E-state index in [9.17, 15) is 8.42 Å². The molecule has 8 heteroatoms. The second-order valence-electron chi connectivity index (χ2n) is 6.46. The molecule has 0 bridgehead atoms. The number of benzene rings is 1. The van der Waals surface area contributed by atoms with Crippen molar-refractivity contribution in [3.05, 3.63) is 18.2 Å². The average molecular weight is 369 g/mol. The number of anilines is 1. The number of methoxy groups -OCH3 is 2. The first-order valence-corrected chi connectivity index (χ1v) is 10.3. The summed E-state index contributed by atoms with van der Waals surface area (Å²) in [6.07, 6.45) is 3.09. The number of rotatable bonds is 8. The molecule has 1 fully saturated rings. The lowest BCUT2D eigenvalue weighted by molar-refractivity contribution is 0.355. The maximum atomic E-state index is 11.6. The van der Waals surface area contributed by atoms with Crippen LogP contribution in [-0.2, 0) is 9.84 Å². The molecule has 1 aliphatic rings. The van der Waals surface area contributed by atoms with Crippen LogP contribution in [0.1, 0.15) is 19.8 Å². The van der Waals surface area contributed by atoms with Crippen molar-refractivity contribution in [3.63, 3.8) is 0 Å². The van der Waals surface area contributed by atoms with Crippen LogP contribution in [0.15, 0.2) is 23.2 Å². The van der Waals surface area contributed by atoms with Gasteiger partial charge in [-0.2, -0.15) is 0 Å². The van der Waals surface area contributed by atoms with Gasteiger partial charge in [0.05, 0.1) is 20.0 Å². The second kappa shape index (κ2) is 7.95. The molecule has 0 atom stereocenters. The lowest BCUT2D eigenvalue weighted by Crippen LogP contribution is -2.32. The molecule has 1 aromatic rings. The summed E-state index contributed by atoms with van der Waals surface area (Å²) in [5.74, 6) is 2.09. The van der Waals surface area contributed by atoms with Crippen molar-refractivity contribution in [3.8, 4) is 11.5 Å². The van der Waals surface area contributed by atoms with Gasteiger partial charge in [-0.05, 0) is 31.9 Å². The predicted molar refractivity (Wildman–Crippen MR) is 101 cm³/mol. The number of nitrogens with one attached hydrogen (secondary N) is 2. The molecule has 0 saturated heterocycles. The molecular formula is C17H27N3O4S. The third kappa shape index (κ3) is 5.81. The summed E-state index contributed by atoms with van der Waals surface area (Å²) in [4.78, 5) is 4.58. The Bertz CT molecular complexity index is 727. The molecule has 0 aromatic heterocycles. The van der Waals surface area contributed by atoms with E-state index in [1.807, 2.05) is 25.1 Å². The molecule has 0 spiro atoms. The first kappa shape index (κ1) is 19.4. The van der Waals surface area contributed by atoms with E-state index in [0.29, 0.717) is 30.5 Å². The number of aliphatic imine (C=N–C) groups is 1. The molecule has 25 heavy (non-hydrogen) atoms. The van der Waals surface area contributed by atoms with E-state index in [1.165, 1.54) is 6.26 Å². The third-order valence-corrected chi connectivity index (χ3v) is 5.23. The van der Waals surface area contributed by atoms with E-state index in [2.05, 4.69) is 15.6 Å². The normalized spacial score (nSPS) is 16.2. The van der Waals surface area contributed by atoms with Crippen molar-refractivity contribution >= 4 is 21.5 Å². The molecule has 0 unspecified atom stereocenters. The summed E-state index contributed by atoms with van der Waals surface area (Å²) in [6.45, 7) is 3.18.